The maximum atomic E-state index is 6.10. The number of imidazole rings is 1. The van der Waals surface area contributed by atoms with Crippen LogP contribution in [0.4, 0.5) is 0 Å². The number of hydrogen-bond donors (Lipinski definition) is 0. The van der Waals surface area contributed by atoms with Gasteiger partial charge in [0.2, 0.25) is 0 Å². The van der Waals surface area contributed by atoms with E-state index in [9.17, 15) is 0 Å². The summed E-state index contributed by atoms with van der Waals surface area (Å²) >= 11 is 7.72. The average molecular weight is 307 g/mol. The summed E-state index contributed by atoms with van der Waals surface area (Å²) in [6, 6.07) is 1.97. The van der Waals surface area contributed by atoms with Gasteiger partial charge in [-0.2, -0.15) is 0 Å². The van der Waals surface area contributed by atoms with Crippen molar-refractivity contribution < 1.29 is 0 Å². The van der Waals surface area contributed by atoms with E-state index >= 15 is 0 Å². The summed E-state index contributed by atoms with van der Waals surface area (Å²) in [6.45, 7) is 6.27. The normalized spacial score (nSPS) is 12.2. The number of fused-ring (bicyclic) bond motifs is 1. The topological polar surface area (TPSA) is 43.6 Å². The van der Waals surface area contributed by atoms with Gasteiger partial charge >= 0.3 is 0 Å². The van der Waals surface area contributed by atoms with Crippen molar-refractivity contribution in [2.45, 2.75) is 32.2 Å². The van der Waals surface area contributed by atoms with E-state index in [0.717, 1.165) is 27.6 Å². The van der Waals surface area contributed by atoms with Crippen LogP contribution < -0.4 is 0 Å². The molecule has 3 aromatic heterocycles. The van der Waals surface area contributed by atoms with Crippen molar-refractivity contribution in [2.75, 3.05) is 0 Å². The second kappa shape index (κ2) is 4.82. The van der Waals surface area contributed by atoms with Crippen LogP contribution in [0.5, 0.6) is 0 Å². The fourth-order valence-corrected chi connectivity index (χ4v) is 3.37. The van der Waals surface area contributed by atoms with E-state index in [-0.39, 0.29) is 5.54 Å². The molecule has 0 radical (unpaired) electrons. The third kappa shape index (κ3) is 1.93. The minimum Gasteiger partial charge on any atom is -0.299 e. The van der Waals surface area contributed by atoms with Crippen molar-refractivity contribution in [3.8, 4) is 0 Å². The Morgan fingerprint density at radius 3 is 2.75 bits per heavy atom. The molecule has 0 spiro atoms. The van der Waals surface area contributed by atoms with Crippen LogP contribution in [0, 0.1) is 6.92 Å². The van der Waals surface area contributed by atoms with Crippen molar-refractivity contribution in [3.63, 3.8) is 0 Å². The summed E-state index contributed by atoms with van der Waals surface area (Å²) in [5, 5.41) is 3.00. The van der Waals surface area contributed by atoms with Crippen LogP contribution >= 0.6 is 22.9 Å². The van der Waals surface area contributed by atoms with Crippen LogP contribution in [-0.2, 0) is 11.4 Å². The first kappa shape index (κ1) is 13.5. The predicted molar refractivity (Wildman–Crippen MR) is 82.4 cm³/mol. The standard InChI is InChI=1S/C14H15ClN4S/c1-9-4-5-16-12-11(9)18-10(8-15)19(12)14(2,3)13-17-6-7-20-13/h4-7H,8H2,1-3H3. The largest absolute Gasteiger partial charge is 0.299 e. The second-order valence-corrected chi connectivity index (χ2v) is 6.36. The van der Waals surface area contributed by atoms with Gasteiger partial charge in [0.1, 0.15) is 16.3 Å². The molecule has 0 bridgehead atoms. The number of aryl methyl sites for hydroxylation is 1. The van der Waals surface area contributed by atoms with Gasteiger partial charge in [0.25, 0.3) is 0 Å². The number of thiazole rings is 1. The lowest BCUT2D eigenvalue weighted by molar-refractivity contribution is 0.432. The molecule has 3 rings (SSSR count). The molecule has 0 atom stereocenters. The summed E-state index contributed by atoms with van der Waals surface area (Å²) < 4.78 is 2.10. The molecule has 0 saturated carbocycles. The van der Waals surface area contributed by atoms with Gasteiger partial charge < -0.3 is 0 Å². The molecular weight excluding hydrogens is 292 g/mol. The van der Waals surface area contributed by atoms with E-state index in [1.54, 1.807) is 11.3 Å². The Balaban J connectivity index is 2.33. The van der Waals surface area contributed by atoms with Gasteiger partial charge in [-0.25, -0.2) is 15.0 Å². The average Bonchev–Trinajstić information content (AvgIpc) is 3.06. The Morgan fingerprint density at radius 1 is 1.30 bits per heavy atom. The van der Waals surface area contributed by atoms with Gasteiger partial charge in [-0.05, 0) is 32.4 Å². The first-order chi connectivity index (χ1) is 9.55. The van der Waals surface area contributed by atoms with Gasteiger partial charge in [0.15, 0.2) is 5.65 Å². The number of pyridine rings is 1. The zero-order valence-electron chi connectivity index (χ0n) is 11.6. The van der Waals surface area contributed by atoms with E-state index in [1.165, 1.54) is 0 Å². The zero-order valence-corrected chi connectivity index (χ0v) is 13.2. The summed E-state index contributed by atoms with van der Waals surface area (Å²) in [5.41, 5.74) is 2.55. The number of aromatic nitrogens is 4. The lowest BCUT2D eigenvalue weighted by Gasteiger charge is -2.26. The number of nitrogens with zero attached hydrogens (tertiary/aromatic N) is 4. The van der Waals surface area contributed by atoms with E-state index in [4.69, 9.17) is 11.6 Å². The quantitative estimate of drug-likeness (QED) is 0.693. The maximum absolute atomic E-state index is 6.10. The highest BCUT2D eigenvalue weighted by Crippen LogP contribution is 2.32. The minimum atomic E-state index is -0.325. The van der Waals surface area contributed by atoms with Crippen LogP contribution in [0.3, 0.4) is 0 Å². The predicted octanol–water partition coefficient (Wildman–Crippen LogP) is 3.72. The number of rotatable bonds is 3. The summed E-state index contributed by atoms with van der Waals surface area (Å²) in [5.74, 6) is 1.17. The van der Waals surface area contributed by atoms with E-state index < -0.39 is 0 Å². The van der Waals surface area contributed by atoms with E-state index in [1.807, 2.05) is 30.8 Å². The van der Waals surface area contributed by atoms with Crippen molar-refractivity contribution in [2.24, 2.45) is 0 Å². The number of alkyl halides is 1. The molecule has 0 fully saturated rings. The molecule has 0 aliphatic rings. The Hall–Kier alpha value is -1.46. The Kier molecular flexibility index (Phi) is 3.26. The molecule has 4 nitrogen and oxygen atoms in total. The first-order valence-corrected chi connectivity index (χ1v) is 7.76. The Bertz CT molecular complexity index is 746. The molecule has 0 aromatic carbocycles. The van der Waals surface area contributed by atoms with Crippen LogP contribution in [0.1, 0.15) is 30.2 Å². The molecule has 0 amide bonds. The molecule has 6 heteroatoms. The highest BCUT2D eigenvalue weighted by atomic mass is 35.5. The van der Waals surface area contributed by atoms with Crippen molar-refractivity contribution in [1.82, 2.24) is 19.5 Å². The molecule has 3 heterocycles. The van der Waals surface area contributed by atoms with Crippen LogP contribution in [0.2, 0.25) is 0 Å². The van der Waals surface area contributed by atoms with Crippen molar-refractivity contribution in [1.29, 1.82) is 0 Å². The van der Waals surface area contributed by atoms with E-state index in [0.29, 0.717) is 5.88 Å². The van der Waals surface area contributed by atoms with Crippen LogP contribution in [0.25, 0.3) is 11.2 Å². The molecule has 104 valence electrons. The molecule has 3 aromatic rings. The summed E-state index contributed by atoms with van der Waals surface area (Å²) in [6.07, 6.45) is 3.63. The van der Waals surface area contributed by atoms with Crippen molar-refractivity contribution in [3.05, 3.63) is 40.2 Å². The van der Waals surface area contributed by atoms with Gasteiger partial charge in [-0.1, -0.05) is 0 Å². The molecule has 0 saturated heterocycles. The first-order valence-electron chi connectivity index (χ1n) is 6.35. The lowest BCUT2D eigenvalue weighted by atomic mass is 10.1. The third-order valence-electron chi connectivity index (χ3n) is 3.45. The highest BCUT2D eigenvalue weighted by molar-refractivity contribution is 7.09. The molecule has 0 aliphatic carbocycles. The Labute approximate surface area is 126 Å². The van der Waals surface area contributed by atoms with Crippen molar-refractivity contribution >= 4 is 34.1 Å². The maximum Gasteiger partial charge on any atom is 0.161 e. The Morgan fingerprint density at radius 2 is 2.10 bits per heavy atom. The van der Waals surface area contributed by atoms with Gasteiger partial charge in [-0.3, -0.25) is 4.57 Å². The second-order valence-electron chi connectivity index (χ2n) is 5.19. The van der Waals surface area contributed by atoms with Gasteiger partial charge in [-0.15, -0.1) is 22.9 Å². The number of hydrogen-bond acceptors (Lipinski definition) is 4. The molecule has 20 heavy (non-hydrogen) atoms. The van der Waals surface area contributed by atoms with Crippen LogP contribution in [-0.4, -0.2) is 19.5 Å². The van der Waals surface area contributed by atoms with Gasteiger partial charge in [0, 0.05) is 17.8 Å². The third-order valence-corrected chi connectivity index (χ3v) is 4.78. The molecule has 0 unspecified atom stereocenters. The summed E-state index contributed by atoms with van der Waals surface area (Å²) in [7, 11) is 0. The molecule has 0 N–H and O–H groups in total. The van der Waals surface area contributed by atoms with Gasteiger partial charge in [0.05, 0.1) is 11.4 Å². The monoisotopic (exact) mass is 306 g/mol. The molecule has 0 aliphatic heterocycles. The van der Waals surface area contributed by atoms with E-state index in [2.05, 4.69) is 33.4 Å². The summed E-state index contributed by atoms with van der Waals surface area (Å²) in [4.78, 5) is 13.6. The smallest absolute Gasteiger partial charge is 0.161 e. The molecular formula is C14H15ClN4S. The fraction of sp³-hybridized carbons (Fsp3) is 0.357. The SMILES string of the molecule is Cc1ccnc2c1nc(CCl)n2C(C)(C)c1nccs1. The lowest BCUT2D eigenvalue weighted by Crippen LogP contribution is -2.29. The zero-order chi connectivity index (χ0) is 14.3. The fourth-order valence-electron chi connectivity index (χ4n) is 2.44. The minimum absolute atomic E-state index is 0.325. The number of halogens is 1. The van der Waals surface area contributed by atoms with Crippen LogP contribution in [0.15, 0.2) is 23.8 Å². The highest BCUT2D eigenvalue weighted by Gasteiger charge is 2.30.